The lowest BCUT2D eigenvalue weighted by molar-refractivity contribution is -0.141. The largest absolute Gasteiger partial charge is 0.468 e. The maximum absolute atomic E-state index is 12.4. The lowest BCUT2D eigenvalue weighted by Crippen LogP contribution is -2.29. The van der Waals surface area contributed by atoms with Gasteiger partial charge in [0.2, 0.25) is 5.91 Å². The molecule has 0 radical (unpaired) electrons. The van der Waals surface area contributed by atoms with Gasteiger partial charge in [0.25, 0.3) is 0 Å². The number of amides is 1. The van der Waals surface area contributed by atoms with Crippen LogP contribution in [0.4, 0.5) is 0 Å². The van der Waals surface area contributed by atoms with Crippen LogP contribution in [0.15, 0.2) is 12.2 Å². The van der Waals surface area contributed by atoms with E-state index in [1.54, 1.807) is 12.2 Å². The molecule has 0 aromatic rings. The van der Waals surface area contributed by atoms with E-state index in [-0.39, 0.29) is 49.7 Å². The smallest absolute Gasteiger partial charge is 0.325 e. The number of unbranched alkanes of at least 4 members (excludes halogenated alkanes) is 2. The predicted octanol–water partition coefficient (Wildman–Crippen LogP) is 2.49. The normalized spacial score (nSPS) is 22.3. The number of carbonyl (C=O) groups excluding carboxylic acids is 4. The molecule has 0 heterocycles. The van der Waals surface area contributed by atoms with Crippen LogP contribution < -0.4 is 5.32 Å². The molecule has 1 fully saturated rings. The summed E-state index contributed by atoms with van der Waals surface area (Å²) in [6.07, 6.45) is 7.32. The Morgan fingerprint density at radius 3 is 2.58 bits per heavy atom. The number of methoxy groups -OCH3 is 1. The van der Waals surface area contributed by atoms with Gasteiger partial charge in [-0.1, -0.05) is 45.3 Å². The van der Waals surface area contributed by atoms with E-state index in [4.69, 9.17) is 0 Å². The van der Waals surface area contributed by atoms with Crippen molar-refractivity contribution in [2.75, 3.05) is 13.7 Å². The van der Waals surface area contributed by atoms with Crippen LogP contribution in [0.25, 0.3) is 0 Å². The number of rotatable bonds is 16. The van der Waals surface area contributed by atoms with Crippen molar-refractivity contribution in [3.8, 4) is 0 Å². The van der Waals surface area contributed by atoms with Gasteiger partial charge in [-0.3, -0.25) is 19.2 Å². The number of hydrogen-bond acceptors (Lipinski definition) is 7. The Bertz CT molecular complexity index is 676. The van der Waals surface area contributed by atoms with Gasteiger partial charge < -0.3 is 20.3 Å². The number of Topliss-reactive ketones (excluding diaryl/α,β-unsaturated/α-hetero) is 2. The summed E-state index contributed by atoms with van der Waals surface area (Å²) in [7, 11) is 1.24. The molecule has 1 amide bonds. The van der Waals surface area contributed by atoms with Crippen molar-refractivity contribution in [2.24, 2.45) is 17.8 Å². The molecule has 0 unspecified atom stereocenters. The number of carbonyl (C=O) groups is 4. The number of hydrogen-bond donors (Lipinski definition) is 3. The first kappa shape index (κ1) is 29.0. The summed E-state index contributed by atoms with van der Waals surface area (Å²) in [6.45, 7) is 4.06. The Morgan fingerprint density at radius 1 is 1.21 bits per heavy atom. The summed E-state index contributed by atoms with van der Waals surface area (Å²) in [5.74, 6) is -1.66. The molecular weight excluding hydrogens is 426 g/mol. The molecule has 1 rings (SSSR count). The molecule has 1 aliphatic rings. The molecule has 5 atom stereocenters. The lowest BCUT2D eigenvalue weighted by Gasteiger charge is -2.18. The van der Waals surface area contributed by atoms with Crippen LogP contribution >= 0.6 is 0 Å². The van der Waals surface area contributed by atoms with Crippen LogP contribution in [0.3, 0.4) is 0 Å². The van der Waals surface area contributed by atoms with Crippen LogP contribution in [0.2, 0.25) is 0 Å². The first-order chi connectivity index (χ1) is 15.7. The van der Waals surface area contributed by atoms with Crippen molar-refractivity contribution in [1.82, 2.24) is 5.32 Å². The first-order valence-corrected chi connectivity index (χ1v) is 12.1. The summed E-state index contributed by atoms with van der Waals surface area (Å²) >= 11 is 0. The fraction of sp³-hybridized carbons (Fsp3) is 0.760. The van der Waals surface area contributed by atoms with Gasteiger partial charge in [0.15, 0.2) is 0 Å². The second kappa shape index (κ2) is 15.7. The number of aliphatic hydroxyl groups is 2. The van der Waals surface area contributed by atoms with Gasteiger partial charge in [0.1, 0.15) is 18.1 Å². The SMILES string of the molecule is CCCC[C@H](C)C[C@@H](O)/C=C/[C@H]1[C@H](O)CC(=O)[C@@H]1CC(=O)CCCCC(=O)NCC(=O)OC. The highest BCUT2D eigenvalue weighted by atomic mass is 16.5. The third kappa shape index (κ3) is 11.6. The van der Waals surface area contributed by atoms with Crippen LogP contribution in [0, 0.1) is 17.8 Å². The second-order valence-electron chi connectivity index (χ2n) is 9.16. The Balaban J connectivity index is 2.44. The first-order valence-electron chi connectivity index (χ1n) is 12.1. The highest BCUT2D eigenvalue weighted by Gasteiger charge is 2.40. The number of ketones is 2. The van der Waals surface area contributed by atoms with Crippen molar-refractivity contribution in [1.29, 1.82) is 0 Å². The minimum absolute atomic E-state index is 0.0241. The molecule has 188 valence electrons. The molecule has 1 saturated carbocycles. The molecule has 0 aromatic carbocycles. The summed E-state index contributed by atoms with van der Waals surface area (Å²) in [5.41, 5.74) is 0. The Kier molecular flexibility index (Phi) is 13.8. The second-order valence-corrected chi connectivity index (χ2v) is 9.16. The summed E-state index contributed by atoms with van der Waals surface area (Å²) in [5, 5.41) is 23.0. The van der Waals surface area contributed by atoms with Crippen molar-refractivity contribution < 1.29 is 34.1 Å². The fourth-order valence-electron chi connectivity index (χ4n) is 4.19. The predicted molar refractivity (Wildman–Crippen MR) is 124 cm³/mol. The zero-order chi connectivity index (χ0) is 24.8. The molecule has 8 nitrogen and oxygen atoms in total. The molecule has 1 aliphatic carbocycles. The molecular formula is C25H41NO7. The molecule has 0 aliphatic heterocycles. The molecule has 8 heteroatoms. The third-order valence-corrected chi connectivity index (χ3v) is 6.20. The van der Waals surface area contributed by atoms with Crippen molar-refractivity contribution >= 4 is 23.4 Å². The Hall–Kier alpha value is -2.06. The van der Waals surface area contributed by atoms with Gasteiger partial charge in [-0.25, -0.2) is 0 Å². The molecule has 0 spiro atoms. The number of esters is 1. The molecule has 0 bridgehead atoms. The monoisotopic (exact) mass is 467 g/mol. The average molecular weight is 468 g/mol. The van der Waals surface area contributed by atoms with E-state index in [0.29, 0.717) is 25.2 Å². The van der Waals surface area contributed by atoms with E-state index in [9.17, 15) is 29.4 Å². The molecule has 0 aromatic heterocycles. The maximum Gasteiger partial charge on any atom is 0.325 e. The van der Waals surface area contributed by atoms with Crippen LogP contribution in [0.5, 0.6) is 0 Å². The third-order valence-electron chi connectivity index (χ3n) is 6.20. The quantitative estimate of drug-likeness (QED) is 0.181. The minimum Gasteiger partial charge on any atom is -0.468 e. The van der Waals surface area contributed by atoms with Crippen LogP contribution in [-0.2, 0) is 23.9 Å². The van der Waals surface area contributed by atoms with E-state index >= 15 is 0 Å². The van der Waals surface area contributed by atoms with E-state index in [1.165, 1.54) is 7.11 Å². The van der Waals surface area contributed by atoms with Crippen molar-refractivity contribution in [3.05, 3.63) is 12.2 Å². The van der Waals surface area contributed by atoms with Crippen LogP contribution in [0.1, 0.15) is 78.1 Å². The fourth-order valence-corrected chi connectivity index (χ4v) is 4.19. The molecule has 3 N–H and O–H groups in total. The maximum atomic E-state index is 12.4. The summed E-state index contributed by atoms with van der Waals surface area (Å²) < 4.78 is 4.44. The van der Waals surface area contributed by atoms with E-state index < -0.39 is 30.0 Å². The van der Waals surface area contributed by atoms with Gasteiger partial charge in [-0.15, -0.1) is 0 Å². The zero-order valence-electron chi connectivity index (χ0n) is 20.3. The zero-order valence-corrected chi connectivity index (χ0v) is 20.3. The lowest BCUT2D eigenvalue weighted by atomic mass is 9.87. The Labute approximate surface area is 197 Å². The molecule has 0 saturated heterocycles. The topological polar surface area (TPSA) is 130 Å². The van der Waals surface area contributed by atoms with Crippen molar-refractivity contribution in [2.45, 2.75) is 90.3 Å². The number of aliphatic hydroxyl groups excluding tert-OH is 2. The van der Waals surface area contributed by atoms with Gasteiger partial charge in [0, 0.05) is 37.5 Å². The minimum atomic E-state index is -0.838. The standard InChI is InChI=1S/C25H41NO7/c1-4-5-8-17(2)13-19(28)11-12-20-21(23(30)15-22(20)29)14-18(27)9-6-7-10-24(31)26-16-25(32)33-3/h11-12,17,19-22,28-29H,4-10,13-16H2,1-3H3,(H,26,31)/b12-11+/t17-,19-,20+,21+,22+/m0/s1. The van der Waals surface area contributed by atoms with E-state index in [2.05, 4.69) is 23.9 Å². The highest BCUT2D eigenvalue weighted by molar-refractivity contribution is 5.90. The Morgan fingerprint density at radius 2 is 1.91 bits per heavy atom. The molecule has 33 heavy (non-hydrogen) atoms. The van der Waals surface area contributed by atoms with Gasteiger partial charge in [0.05, 0.1) is 19.3 Å². The van der Waals surface area contributed by atoms with Crippen LogP contribution in [-0.4, -0.2) is 59.5 Å². The van der Waals surface area contributed by atoms with Gasteiger partial charge in [-0.2, -0.15) is 0 Å². The van der Waals surface area contributed by atoms with Gasteiger partial charge in [-0.05, 0) is 25.2 Å². The highest BCUT2D eigenvalue weighted by Crippen LogP contribution is 2.34. The average Bonchev–Trinajstić information content (AvgIpc) is 3.03. The van der Waals surface area contributed by atoms with E-state index in [0.717, 1.165) is 19.3 Å². The number of nitrogens with one attached hydrogen (secondary N) is 1. The summed E-state index contributed by atoms with van der Waals surface area (Å²) in [4.78, 5) is 47.4. The van der Waals surface area contributed by atoms with Crippen molar-refractivity contribution in [3.63, 3.8) is 0 Å². The summed E-state index contributed by atoms with van der Waals surface area (Å²) in [6, 6.07) is 0. The van der Waals surface area contributed by atoms with Gasteiger partial charge >= 0.3 is 5.97 Å². The van der Waals surface area contributed by atoms with E-state index in [1.807, 2.05) is 0 Å². The number of ether oxygens (including phenoxy) is 1.